The SMILES string of the molecule is CCCc1nc(C(=O)N(CC)C2CNC2)n[nH]1. The van der Waals surface area contributed by atoms with E-state index in [1.54, 1.807) is 0 Å². The predicted octanol–water partition coefficient (Wildman–Crippen LogP) is 0.191. The van der Waals surface area contributed by atoms with Crippen LogP contribution in [0.5, 0.6) is 0 Å². The monoisotopic (exact) mass is 237 g/mol. The summed E-state index contributed by atoms with van der Waals surface area (Å²) in [4.78, 5) is 18.2. The molecule has 1 saturated heterocycles. The summed E-state index contributed by atoms with van der Waals surface area (Å²) in [6, 6.07) is 0.292. The van der Waals surface area contributed by atoms with E-state index in [-0.39, 0.29) is 5.91 Å². The molecule has 1 aliphatic rings. The normalized spacial score (nSPS) is 15.6. The molecule has 0 aromatic carbocycles. The minimum Gasteiger partial charge on any atom is -0.331 e. The fourth-order valence-corrected chi connectivity index (χ4v) is 1.93. The zero-order valence-electron chi connectivity index (χ0n) is 10.4. The van der Waals surface area contributed by atoms with Gasteiger partial charge in [-0.25, -0.2) is 4.98 Å². The van der Waals surface area contributed by atoms with Crippen LogP contribution in [0.1, 0.15) is 36.7 Å². The summed E-state index contributed by atoms with van der Waals surface area (Å²) in [5.74, 6) is 1.01. The summed E-state index contributed by atoms with van der Waals surface area (Å²) in [5.41, 5.74) is 0. The molecule has 1 aliphatic heterocycles. The van der Waals surface area contributed by atoms with Crippen LogP contribution >= 0.6 is 0 Å². The molecule has 6 nitrogen and oxygen atoms in total. The number of hydrogen-bond acceptors (Lipinski definition) is 4. The molecule has 0 saturated carbocycles. The molecule has 94 valence electrons. The molecule has 2 heterocycles. The lowest BCUT2D eigenvalue weighted by atomic mass is 10.1. The third-order valence-electron chi connectivity index (χ3n) is 3.01. The Kier molecular flexibility index (Phi) is 3.73. The molecular weight excluding hydrogens is 218 g/mol. The van der Waals surface area contributed by atoms with Gasteiger partial charge in [0.05, 0.1) is 6.04 Å². The number of aromatic amines is 1. The van der Waals surface area contributed by atoms with E-state index in [4.69, 9.17) is 0 Å². The number of nitrogens with one attached hydrogen (secondary N) is 2. The van der Waals surface area contributed by atoms with E-state index in [1.165, 1.54) is 0 Å². The first kappa shape index (κ1) is 12.0. The highest BCUT2D eigenvalue weighted by Gasteiger charge is 2.29. The van der Waals surface area contributed by atoms with Crippen LogP contribution in [0.25, 0.3) is 0 Å². The van der Waals surface area contributed by atoms with Crippen LogP contribution in [0.3, 0.4) is 0 Å². The van der Waals surface area contributed by atoms with E-state index in [1.807, 2.05) is 11.8 Å². The lowest BCUT2D eigenvalue weighted by Gasteiger charge is -2.36. The Morgan fingerprint density at radius 2 is 2.24 bits per heavy atom. The van der Waals surface area contributed by atoms with Crippen molar-refractivity contribution < 1.29 is 4.79 Å². The number of aryl methyl sites for hydroxylation is 1. The highest BCUT2D eigenvalue weighted by atomic mass is 16.2. The summed E-state index contributed by atoms with van der Waals surface area (Å²) >= 11 is 0. The van der Waals surface area contributed by atoms with Crippen molar-refractivity contribution in [3.8, 4) is 0 Å². The Morgan fingerprint density at radius 1 is 1.47 bits per heavy atom. The van der Waals surface area contributed by atoms with E-state index in [2.05, 4.69) is 27.4 Å². The van der Waals surface area contributed by atoms with Crippen LogP contribution in [-0.4, -0.2) is 51.7 Å². The molecule has 6 heteroatoms. The third kappa shape index (κ3) is 2.46. The lowest BCUT2D eigenvalue weighted by molar-refractivity contribution is 0.0618. The van der Waals surface area contributed by atoms with E-state index in [0.717, 1.165) is 31.8 Å². The first-order chi connectivity index (χ1) is 8.26. The van der Waals surface area contributed by atoms with Gasteiger partial charge in [-0.2, -0.15) is 0 Å². The van der Waals surface area contributed by atoms with Crippen LogP contribution in [0.15, 0.2) is 0 Å². The Morgan fingerprint density at radius 3 is 2.76 bits per heavy atom. The van der Waals surface area contributed by atoms with Crippen LogP contribution in [0.2, 0.25) is 0 Å². The molecule has 1 fully saturated rings. The van der Waals surface area contributed by atoms with Crippen molar-refractivity contribution >= 4 is 5.91 Å². The Labute approximate surface area is 101 Å². The summed E-state index contributed by atoms with van der Waals surface area (Å²) in [7, 11) is 0. The number of aromatic nitrogens is 3. The van der Waals surface area contributed by atoms with Crippen molar-refractivity contribution in [3.05, 3.63) is 11.6 Å². The average molecular weight is 237 g/mol. The largest absolute Gasteiger partial charge is 0.331 e. The second-order valence-corrected chi connectivity index (χ2v) is 4.26. The highest BCUT2D eigenvalue weighted by Crippen LogP contribution is 2.09. The minimum absolute atomic E-state index is 0.0717. The number of hydrogen-bond donors (Lipinski definition) is 2. The Balaban J connectivity index is 2.05. The topological polar surface area (TPSA) is 73.9 Å². The van der Waals surface area contributed by atoms with E-state index >= 15 is 0 Å². The van der Waals surface area contributed by atoms with Gasteiger partial charge < -0.3 is 10.2 Å². The number of rotatable bonds is 5. The van der Waals surface area contributed by atoms with Crippen molar-refractivity contribution in [2.24, 2.45) is 0 Å². The predicted molar refractivity (Wildman–Crippen MR) is 63.7 cm³/mol. The van der Waals surface area contributed by atoms with Gasteiger partial charge >= 0.3 is 0 Å². The average Bonchev–Trinajstić information content (AvgIpc) is 2.71. The third-order valence-corrected chi connectivity index (χ3v) is 3.01. The first-order valence-electron chi connectivity index (χ1n) is 6.19. The van der Waals surface area contributed by atoms with Gasteiger partial charge in [-0.1, -0.05) is 6.92 Å². The Bertz CT molecular complexity index is 385. The number of carbonyl (C=O) groups is 1. The second-order valence-electron chi connectivity index (χ2n) is 4.26. The van der Waals surface area contributed by atoms with Gasteiger partial charge in [0, 0.05) is 26.1 Å². The van der Waals surface area contributed by atoms with Gasteiger partial charge in [0.2, 0.25) is 5.82 Å². The van der Waals surface area contributed by atoms with Crippen molar-refractivity contribution in [1.82, 2.24) is 25.4 Å². The quantitative estimate of drug-likeness (QED) is 0.766. The van der Waals surface area contributed by atoms with Crippen LogP contribution < -0.4 is 5.32 Å². The number of nitrogens with zero attached hydrogens (tertiary/aromatic N) is 3. The van der Waals surface area contributed by atoms with Crippen molar-refractivity contribution in [2.45, 2.75) is 32.7 Å². The maximum Gasteiger partial charge on any atom is 0.293 e. The molecule has 1 aromatic heterocycles. The van der Waals surface area contributed by atoms with Gasteiger partial charge in [-0.15, -0.1) is 5.10 Å². The zero-order valence-corrected chi connectivity index (χ0v) is 10.4. The number of carbonyl (C=O) groups excluding carboxylic acids is 1. The molecule has 0 unspecified atom stereocenters. The van der Waals surface area contributed by atoms with Crippen molar-refractivity contribution in [2.75, 3.05) is 19.6 Å². The molecule has 2 N–H and O–H groups in total. The van der Waals surface area contributed by atoms with Crippen molar-refractivity contribution in [1.29, 1.82) is 0 Å². The molecule has 1 aromatic rings. The van der Waals surface area contributed by atoms with Crippen LogP contribution in [0.4, 0.5) is 0 Å². The molecule has 1 amide bonds. The molecule has 0 radical (unpaired) electrons. The van der Waals surface area contributed by atoms with Crippen LogP contribution in [-0.2, 0) is 6.42 Å². The molecule has 0 bridgehead atoms. The van der Waals surface area contributed by atoms with Gasteiger partial charge in [0.25, 0.3) is 5.91 Å². The fourth-order valence-electron chi connectivity index (χ4n) is 1.93. The standard InChI is InChI=1S/C11H19N5O/c1-3-5-9-13-10(15-14-9)11(17)16(4-2)8-6-12-7-8/h8,12H,3-7H2,1-2H3,(H,13,14,15). The second kappa shape index (κ2) is 5.27. The summed E-state index contributed by atoms with van der Waals surface area (Å²) < 4.78 is 0. The van der Waals surface area contributed by atoms with Gasteiger partial charge in [0.1, 0.15) is 5.82 Å². The molecule has 0 aliphatic carbocycles. The zero-order chi connectivity index (χ0) is 12.3. The first-order valence-corrected chi connectivity index (χ1v) is 6.19. The fraction of sp³-hybridized carbons (Fsp3) is 0.727. The van der Waals surface area contributed by atoms with E-state index in [9.17, 15) is 4.79 Å². The number of likely N-dealkylation sites (N-methyl/N-ethyl adjacent to an activating group) is 1. The van der Waals surface area contributed by atoms with E-state index < -0.39 is 0 Å². The maximum absolute atomic E-state index is 12.2. The highest BCUT2D eigenvalue weighted by molar-refractivity contribution is 5.90. The number of H-pyrrole nitrogens is 1. The number of amides is 1. The summed E-state index contributed by atoms with van der Waals surface area (Å²) in [6.45, 7) is 6.48. The minimum atomic E-state index is -0.0717. The smallest absolute Gasteiger partial charge is 0.293 e. The molecule has 17 heavy (non-hydrogen) atoms. The molecular formula is C11H19N5O. The van der Waals surface area contributed by atoms with Gasteiger partial charge in [-0.05, 0) is 13.3 Å². The van der Waals surface area contributed by atoms with Gasteiger partial charge in [0.15, 0.2) is 0 Å². The molecule has 0 spiro atoms. The summed E-state index contributed by atoms with van der Waals surface area (Å²) in [6.07, 6.45) is 1.82. The van der Waals surface area contributed by atoms with Crippen LogP contribution in [0, 0.1) is 0 Å². The lowest BCUT2D eigenvalue weighted by Crippen LogP contribution is -2.58. The van der Waals surface area contributed by atoms with E-state index in [0.29, 0.717) is 18.4 Å². The summed E-state index contributed by atoms with van der Waals surface area (Å²) in [5, 5.41) is 9.98. The van der Waals surface area contributed by atoms with Gasteiger partial charge in [-0.3, -0.25) is 9.89 Å². The maximum atomic E-state index is 12.2. The Hall–Kier alpha value is -1.43. The molecule has 0 atom stereocenters. The van der Waals surface area contributed by atoms with Crippen molar-refractivity contribution in [3.63, 3.8) is 0 Å². The molecule has 2 rings (SSSR count).